The quantitative estimate of drug-likeness (QED) is 0.452. The number of rotatable bonds is 7. The Balaban J connectivity index is 1.49. The van der Waals surface area contributed by atoms with Crippen molar-refractivity contribution in [2.75, 3.05) is 39.3 Å². The summed E-state index contributed by atoms with van der Waals surface area (Å²) >= 11 is 1.51. The Hall–Kier alpha value is -2.85. The second-order valence-corrected chi connectivity index (χ2v) is 10.7. The molecular formula is C23H25FN2O5S2. The highest BCUT2D eigenvalue weighted by Gasteiger charge is 2.32. The minimum Gasteiger partial charge on any atom is -0.493 e. The number of thiazole rings is 1. The van der Waals surface area contributed by atoms with Crippen LogP contribution in [0.1, 0.15) is 12.8 Å². The Labute approximate surface area is 196 Å². The molecule has 1 aliphatic heterocycles. The van der Waals surface area contributed by atoms with E-state index < -0.39 is 20.9 Å². The van der Waals surface area contributed by atoms with Crippen LogP contribution in [0.15, 0.2) is 46.7 Å². The average molecular weight is 493 g/mol. The molecule has 0 saturated carbocycles. The highest BCUT2D eigenvalue weighted by Crippen LogP contribution is 2.42. The Morgan fingerprint density at radius 2 is 1.61 bits per heavy atom. The van der Waals surface area contributed by atoms with Crippen LogP contribution in [0.2, 0.25) is 0 Å². The third kappa shape index (κ3) is 4.63. The summed E-state index contributed by atoms with van der Waals surface area (Å²) in [5, 5.41) is 2.29. The molecule has 33 heavy (non-hydrogen) atoms. The molecule has 0 bridgehead atoms. The van der Waals surface area contributed by atoms with Crippen molar-refractivity contribution in [2.45, 2.75) is 23.0 Å². The van der Waals surface area contributed by atoms with E-state index in [-0.39, 0.29) is 4.90 Å². The lowest BCUT2D eigenvalue weighted by molar-refractivity contribution is 0.324. The van der Waals surface area contributed by atoms with Crippen LogP contribution in [0.3, 0.4) is 0 Å². The molecule has 2 aromatic carbocycles. The molecule has 3 aromatic rings. The molecule has 7 nitrogen and oxygen atoms in total. The first-order chi connectivity index (χ1) is 15.9. The number of hydrogen-bond donors (Lipinski definition) is 0. The topological polar surface area (TPSA) is 78.0 Å². The summed E-state index contributed by atoms with van der Waals surface area (Å²) < 4.78 is 55.3. The van der Waals surface area contributed by atoms with E-state index in [1.807, 2.05) is 17.5 Å². The van der Waals surface area contributed by atoms with Crippen molar-refractivity contribution in [3.05, 3.63) is 47.6 Å². The van der Waals surface area contributed by atoms with Crippen LogP contribution in [-0.2, 0) is 9.84 Å². The van der Waals surface area contributed by atoms with Gasteiger partial charge in [0.15, 0.2) is 26.5 Å². The molecule has 1 aliphatic rings. The minimum atomic E-state index is -3.49. The van der Waals surface area contributed by atoms with Crippen molar-refractivity contribution >= 4 is 26.3 Å². The van der Waals surface area contributed by atoms with Gasteiger partial charge in [-0.3, -0.25) is 0 Å². The van der Waals surface area contributed by atoms with Gasteiger partial charge in [-0.15, -0.1) is 11.3 Å². The Bertz CT molecular complexity index is 1190. The van der Waals surface area contributed by atoms with Crippen LogP contribution >= 0.6 is 11.3 Å². The molecule has 10 heteroatoms. The lowest BCUT2D eigenvalue weighted by Gasteiger charge is -2.31. The normalized spacial score (nSPS) is 14.8. The zero-order chi connectivity index (χ0) is 23.6. The third-order valence-corrected chi connectivity index (χ3v) is 8.93. The number of methoxy groups -OCH3 is 3. The number of hydrogen-bond acceptors (Lipinski definition) is 8. The fourth-order valence-corrected chi connectivity index (χ4v) is 6.57. The second-order valence-electron chi connectivity index (χ2n) is 7.61. The summed E-state index contributed by atoms with van der Waals surface area (Å²) in [7, 11) is 1.20. The van der Waals surface area contributed by atoms with Crippen molar-refractivity contribution in [1.29, 1.82) is 0 Å². The van der Waals surface area contributed by atoms with Gasteiger partial charge in [0.25, 0.3) is 0 Å². The molecule has 176 valence electrons. The van der Waals surface area contributed by atoms with Crippen molar-refractivity contribution < 1.29 is 27.0 Å². The van der Waals surface area contributed by atoms with Gasteiger partial charge in [-0.05, 0) is 49.2 Å². The van der Waals surface area contributed by atoms with Crippen LogP contribution in [0.25, 0.3) is 11.3 Å². The first kappa shape index (κ1) is 23.3. The predicted molar refractivity (Wildman–Crippen MR) is 126 cm³/mol. The van der Waals surface area contributed by atoms with E-state index >= 15 is 0 Å². The van der Waals surface area contributed by atoms with Gasteiger partial charge >= 0.3 is 0 Å². The van der Waals surface area contributed by atoms with Gasteiger partial charge in [-0.1, -0.05) is 0 Å². The van der Waals surface area contributed by atoms with Crippen LogP contribution in [0.5, 0.6) is 17.2 Å². The molecule has 1 fully saturated rings. The van der Waals surface area contributed by atoms with E-state index in [9.17, 15) is 12.8 Å². The maximum Gasteiger partial charge on any atom is 0.203 e. The average Bonchev–Trinajstić information content (AvgIpc) is 3.34. The fraction of sp³-hybridized carbons (Fsp3) is 0.348. The molecular weight excluding hydrogens is 467 g/mol. The number of anilines is 1. The summed E-state index contributed by atoms with van der Waals surface area (Å²) in [4.78, 5) is 7.03. The number of ether oxygens (including phenoxy) is 3. The Morgan fingerprint density at radius 1 is 1.00 bits per heavy atom. The van der Waals surface area contributed by atoms with Gasteiger partial charge in [-0.2, -0.15) is 0 Å². The monoisotopic (exact) mass is 492 g/mol. The number of halogens is 1. The second kappa shape index (κ2) is 9.56. The third-order valence-electron chi connectivity index (χ3n) is 5.75. The van der Waals surface area contributed by atoms with E-state index in [1.165, 1.54) is 35.6 Å². The van der Waals surface area contributed by atoms with E-state index in [2.05, 4.69) is 4.90 Å². The van der Waals surface area contributed by atoms with E-state index in [0.29, 0.717) is 43.2 Å². The maximum atomic E-state index is 13.2. The van der Waals surface area contributed by atoms with Gasteiger partial charge in [-0.25, -0.2) is 17.8 Å². The number of aromatic nitrogens is 1. The van der Waals surface area contributed by atoms with E-state index in [4.69, 9.17) is 19.2 Å². The molecule has 1 saturated heterocycles. The molecule has 0 N–H and O–H groups in total. The van der Waals surface area contributed by atoms with Gasteiger partial charge in [0.05, 0.1) is 37.2 Å². The number of piperidine rings is 1. The van der Waals surface area contributed by atoms with Crippen molar-refractivity contribution in [2.24, 2.45) is 0 Å². The summed E-state index contributed by atoms with van der Waals surface area (Å²) in [6.07, 6.45) is 0.970. The van der Waals surface area contributed by atoms with Crippen LogP contribution in [0, 0.1) is 5.82 Å². The summed E-state index contributed by atoms with van der Waals surface area (Å²) in [6, 6.07) is 8.73. The summed E-state index contributed by atoms with van der Waals surface area (Å²) in [5.41, 5.74) is 1.61. The molecule has 0 amide bonds. The first-order valence-corrected chi connectivity index (χ1v) is 12.8. The summed E-state index contributed by atoms with van der Waals surface area (Å²) in [6.45, 7) is 1.15. The van der Waals surface area contributed by atoms with E-state index in [0.717, 1.165) is 16.4 Å². The van der Waals surface area contributed by atoms with Gasteiger partial charge in [0, 0.05) is 24.0 Å². The predicted octanol–water partition coefficient (Wildman–Crippen LogP) is 4.42. The lowest BCUT2D eigenvalue weighted by atomic mass is 10.1. The zero-order valence-corrected chi connectivity index (χ0v) is 20.2. The molecule has 0 aliphatic carbocycles. The van der Waals surface area contributed by atoms with Gasteiger partial charge in [0.2, 0.25) is 5.75 Å². The van der Waals surface area contributed by atoms with Crippen LogP contribution in [-0.4, -0.2) is 53.1 Å². The first-order valence-electron chi connectivity index (χ1n) is 10.4. The highest BCUT2D eigenvalue weighted by atomic mass is 32.2. The number of sulfone groups is 1. The Morgan fingerprint density at radius 3 is 2.15 bits per heavy atom. The van der Waals surface area contributed by atoms with Crippen molar-refractivity contribution in [3.63, 3.8) is 0 Å². The van der Waals surface area contributed by atoms with Crippen LogP contribution < -0.4 is 19.1 Å². The largest absolute Gasteiger partial charge is 0.493 e. The zero-order valence-electron chi connectivity index (χ0n) is 18.6. The molecule has 1 aromatic heterocycles. The lowest BCUT2D eigenvalue weighted by Crippen LogP contribution is -2.39. The molecule has 4 rings (SSSR count). The molecule has 0 atom stereocenters. The molecule has 0 unspecified atom stereocenters. The van der Waals surface area contributed by atoms with Crippen molar-refractivity contribution in [3.8, 4) is 28.5 Å². The smallest absolute Gasteiger partial charge is 0.203 e. The maximum absolute atomic E-state index is 13.2. The number of nitrogens with zero attached hydrogens (tertiary/aromatic N) is 2. The fourth-order valence-electron chi connectivity index (χ4n) is 3.95. The Kier molecular flexibility index (Phi) is 6.76. The van der Waals surface area contributed by atoms with Crippen molar-refractivity contribution in [1.82, 2.24) is 4.98 Å². The highest BCUT2D eigenvalue weighted by molar-refractivity contribution is 7.92. The molecule has 0 radical (unpaired) electrons. The van der Waals surface area contributed by atoms with Gasteiger partial charge < -0.3 is 19.1 Å². The van der Waals surface area contributed by atoms with Gasteiger partial charge in [0.1, 0.15) is 5.82 Å². The molecule has 2 heterocycles. The minimum absolute atomic E-state index is 0.168. The van der Waals surface area contributed by atoms with E-state index in [1.54, 1.807) is 21.3 Å². The molecule has 0 spiro atoms. The number of benzene rings is 2. The summed E-state index contributed by atoms with van der Waals surface area (Å²) in [5.74, 6) is 1.17. The standard InChI is InChI=1S/C23H25FN2O5S2/c1-29-20-12-15(13-21(30-2)22(20)31-3)19-14-32-23(25-19)26-10-8-18(9-11-26)33(27,28)17-6-4-16(24)5-7-17/h4-7,12-14,18H,8-11H2,1-3H3. The SMILES string of the molecule is COc1cc(-c2csc(N3CCC(S(=O)(=O)c4ccc(F)cc4)CC3)n2)cc(OC)c1OC. The van der Waals surface area contributed by atoms with Crippen LogP contribution in [0.4, 0.5) is 9.52 Å².